The van der Waals surface area contributed by atoms with Crippen LogP contribution >= 0.6 is 35.6 Å². The maximum absolute atomic E-state index is 11.6. The van der Waals surface area contributed by atoms with Crippen LogP contribution in [0.3, 0.4) is 0 Å². The van der Waals surface area contributed by atoms with Crippen molar-refractivity contribution in [3.63, 3.8) is 0 Å². The summed E-state index contributed by atoms with van der Waals surface area (Å²) in [4.78, 5) is 17.4. The van der Waals surface area contributed by atoms with Gasteiger partial charge in [0, 0.05) is 39.3 Å². The molecule has 8 heteroatoms. The van der Waals surface area contributed by atoms with Crippen molar-refractivity contribution in [2.24, 2.45) is 4.99 Å². The monoisotopic (exact) mass is 530 g/mol. The Bertz CT molecular complexity index is 815. The summed E-state index contributed by atoms with van der Waals surface area (Å²) in [6.45, 7) is 1.36. The molecule has 29 heavy (non-hydrogen) atoms. The number of carbonyl (C=O) groups excluding carboxylic acids is 1. The lowest BCUT2D eigenvalue weighted by Gasteiger charge is -2.14. The molecule has 0 radical (unpaired) electrons. The molecule has 0 unspecified atom stereocenters. The third-order valence-corrected chi connectivity index (χ3v) is 4.27. The molecule has 2 aromatic rings. The predicted octanol–water partition coefficient (Wildman–Crippen LogP) is 3.33. The Balaban J connectivity index is 0.00000420. The summed E-state index contributed by atoms with van der Waals surface area (Å²) in [6, 6.07) is 15.5. The first-order valence-electron chi connectivity index (χ1n) is 9.09. The van der Waals surface area contributed by atoms with Crippen LogP contribution in [0.4, 0.5) is 0 Å². The van der Waals surface area contributed by atoms with Crippen molar-refractivity contribution in [3.05, 3.63) is 64.7 Å². The van der Waals surface area contributed by atoms with Crippen molar-refractivity contribution in [1.29, 1.82) is 0 Å². The van der Waals surface area contributed by atoms with Gasteiger partial charge in [0.15, 0.2) is 12.6 Å². The number of likely N-dealkylation sites (N-methyl/N-ethyl adjacent to an activating group) is 1. The van der Waals surface area contributed by atoms with Crippen molar-refractivity contribution in [2.75, 3.05) is 34.3 Å². The zero-order valence-corrected chi connectivity index (χ0v) is 20.0. The Labute approximate surface area is 194 Å². The van der Waals surface area contributed by atoms with E-state index in [1.165, 1.54) is 10.5 Å². The van der Waals surface area contributed by atoms with Crippen LogP contribution in [0.2, 0.25) is 5.02 Å². The van der Waals surface area contributed by atoms with Gasteiger partial charge in [-0.05, 0) is 41.8 Å². The van der Waals surface area contributed by atoms with Crippen molar-refractivity contribution < 1.29 is 9.53 Å². The minimum absolute atomic E-state index is 0. The molecule has 0 bridgehead atoms. The highest BCUT2D eigenvalue weighted by Gasteiger charge is 2.06. The molecule has 0 heterocycles. The molecule has 0 fully saturated rings. The summed E-state index contributed by atoms with van der Waals surface area (Å²) in [7, 11) is 5.15. The number of halogens is 2. The van der Waals surface area contributed by atoms with Crippen LogP contribution in [0.15, 0.2) is 53.5 Å². The largest absolute Gasteiger partial charge is 0.484 e. The number of hydrogen-bond acceptors (Lipinski definition) is 3. The van der Waals surface area contributed by atoms with Gasteiger partial charge in [0.1, 0.15) is 5.75 Å². The highest BCUT2D eigenvalue weighted by atomic mass is 127. The molecule has 2 N–H and O–H groups in total. The Kier molecular flexibility index (Phi) is 11.5. The number of hydrogen-bond donors (Lipinski definition) is 2. The molecule has 6 nitrogen and oxygen atoms in total. The molecule has 0 aromatic heterocycles. The van der Waals surface area contributed by atoms with Gasteiger partial charge in [0.05, 0.1) is 0 Å². The maximum atomic E-state index is 11.6. The highest BCUT2D eigenvalue weighted by molar-refractivity contribution is 14.0. The first-order valence-corrected chi connectivity index (χ1v) is 9.46. The van der Waals surface area contributed by atoms with Gasteiger partial charge < -0.3 is 20.3 Å². The molecule has 1 amide bonds. The van der Waals surface area contributed by atoms with Crippen molar-refractivity contribution in [1.82, 2.24) is 15.5 Å². The molecule has 2 rings (SSSR count). The Morgan fingerprint density at radius 2 is 1.83 bits per heavy atom. The molecule has 0 aliphatic rings. The van der Waals surface area contributed by atoms with Crippen LogP contribution < -0.4 is 15.4 Å². The second kappa shape index (κ2) is 13.3. The number of amides is 1. The van der Waals surface area contributed by atoms with Crippen molar-refractivity contribution in [3.8, 4) is 5.75 Å². The number of aliphatic imine (C=N–C) groups is 1. The lowest BCUT2D eigenvalue weighted by molar-refractivity contribution is -0.130. The van der Waals surface area contributed by atoms with Gasteiger partial charge in [-0.2, -0.15) is 0 Å². The van der Waals surface area contributed by atoms with Crippen molar-refractivity contribution >= 4 is 47.4 Å². The van der Waals surface area contributed by atoms with Gasteiger partial charge in [0.2, 0.25) is 0 Å². The minimum atomic E-state index is -0.0761. The van der Waals surface area contributed by atoms with Gasteiger partial charge in [0.25, 0.3) is 5.91 Å². The zero-order chi connectivity index (χ0) is 20.4. The lowest BCUT2D eigenvalue weighted by atomic mass is 10.1. The van der Waals surface area contributed by atoms with Crippen LogP contribution in [0.5, 0.6) is 5.75 Å². The van der Waals surface area contributed by atoms with E-state index in [1.807, 2.05) is 42.5 Å². The molecule has 2 aromatic carbocycles. The summed E-state index contributed by atoms with van der Waals surface area (Å²) in [5.74, 6) is 1.31. The fourth-order valence-corrected chi connectivity index (χ4v) is 2.66. The van der Waals surface area contributed by atoms with E-state index in [9.17, 15) is 4.79 Å². The first-order chi connectivity index (χ1) is 13.5. The number of guanidine groups is 1. The molecular weight excluding hydrogens is 503 g/mol. The summed E-state index contributed by atoms with van der Waals surface area (Å²) in [5.41, 5.74) is 2.21. The van der Waals surface area contributed by atoms with E-state index in [0.717, 1.165) is 29.5 Å². The second-order valence-electron chi connectivity index (χ2n) is 6.46. The van der Waals surface area contributed by atoms with Gasteiger partial charge in [-0.25, -0.2) is 0 Å². The van der Waals surface area contributed by atoms with Crippen LogP contribution in [0.1, 0.15) is 11.1 Å². The van der Waals surface area contributed by atoms with E-state index in [1.54, 1.807) is 21.1 Å². The Morgan fingerprint density at radius 1 is 1.10 bits per heavy atom. The number of rotatable bonds is 8. The molecule has 0 aliphatic heterocycles. The van der Waals surface area contributed by atoms with E-state index in [4.69, 9.17) is 16.3 Å². The smallest absolute Gasteiger partial charge is 0.259 e. The van der Waals surface area contributed by atoms with Gasteiger partial charge in [-0.1, -0.05) is 35.9 Å². The summed E-state index contributed by atoms with van der Waals surface area (Å²) >= 11 is 6.01. The quantitative estimate of drug-likeness (QED) is 0.312. The molecule has 0 atom stereocenters. The van der Waals surface area contributed by atoms with E-state index >= 15 is 0 Å². The Hall–Kier alpha value is -2.00. The van der Waals surface area contributed by atoms with Crippen LogP contribution in [0, 0.1) is 0 Å². The number of ether oxygens (including phenoxy) is 1. The summed E-state index contributed by atoms with van der Waals surface area (Å²) in [6.07, 6.45) is 0.852. The third kappa shape index (κ3) is 9.36. The van der Waals surface area contributed by atoms with Gasteiger partial charge in [-0.3, -0.25) is 9.79 Å². The van der Waals surface area contributed by atoms with E-state index in [0.29, 0.717) is 12.3 Å². The third-order valence-electron chi connectivity index (χ3n) is 4.04. The Morgan fingerprint density at radius 3 is 2.52 bits per heavy atom. The normalized spacial score (nSPS) is 10.7. The molecule has 0 spiro atoms. The fourth-order valence-electron chi connectivity index (χ4n) is 2.44. The van der Waals surface area contributed by atoms with Gasteiger partial charge in [-0.15, -0.1) is 24.0 Å². The molecular formula is C21H28ClIN4O2. The fraction of sp³-hybridized carbons (Fsp3) is 0.333. The standard InChI is InChI=1S/C21H27ClN4O2.HI/c1-23-21(24-11-10-16-6-4-8-18(22)12-16)25-14-17-7-5-9-19(13-17)28-15-20(27)26(2)3;/h4-9,12-13H,10-11,14-15H2,1-3H3,(H2,23,24,25);1H. The topological polar surface area (TPSA) is 66.0 Å². The van der Waals surface area contributed by atoms with E-state index < -0.39 is 0 Å². The first kappa shape index (κ1) is 25.0. The molecule has 0 saturated carbocycles. The van der Waals surface area contributed by atoms with Crippen LogP contribution in [-0.2, 0) is 17.8 Å². The number of benzene rings is 2. The number of nitrogens with one attached hydrogen (secondary N) is 2. The lowest BCUT2D eigenvalue weighted by Crippen LogP contribution is -2.37. The van der Waals surface area contributed by atoms with Crippen LogP contribution in [0.25, 0.3) is 0 Å². The summed E-state index contributed by atoms with van der Waals surface area (Å²) in [5, 5.41) is 7.31. The molecule has 0 saturated heterocycles. The predicted molar refractivity (Wildman–Crippen MR) is 129 cm³/mol. The average Bonchev–Trinajstić information content (AvgIpc) is 2.69. The average molecular weight is 531 g/mol. The highest BCUT2D eigenvalue weighted by Crippen LogP contribution is 2.13. The second-order valence-corrected chi connectivity index (χ2v) is 6.89. The summed E-state index contributed by atoms with van der Waals surface area (Å²) < 4.78 is 5.55. The van der Waals surface area contributed by atoms with E-state index in [2.05, 4.69) is 21.7 Å². The van der Waals surface area contributed by atoms with Crippen molar-refractivity contribution in [2.45, 2.75) is 13.0 Å². The zero-order valence-electron chi connectivity index (χ0n) is 16.9. The maximum Gasteiger partial charge on any atom is 0.259 e. The molecule has 0 aliphatic carbocycles. The van der Waals surface area contributed by atoms with Gasteiger partial charge >= 0.3 is 0 Å². The molecule has 158 valence electrons. The minimum Gasteiger partial charge on any atom is -0.484 e. The number of nitrogens with zero attached hydrogens (tertiary/aromatic N) is 2. The SMILES string of the molecule is CN=C(NCCc1cccc(Cl)c1)NCc1cccc(OCC(=O)N(C)C)c1.I. The number of carbonyl (C=O) groups is 1. The van der Waals surface area contributed by atoms with E-state index in [-0.39, 0.29) is 36.5 Å². The van der Waals surface area contributed by atoms with Crippen LogP contribution in [-0.4, -0.2) is 51.1 Å².